The Kier molecular flexibility index (Phi) is 5.38. The van der Waals surface area contributed by atoms with Crippen molar-refractivity contribution in [2.75, 3.05) is 11.9 Å². The second-order valence-electron chi connectivity index (χ2n) is 7.84. The monoisotopic (exact) mass is 394 g/mol. The predicted octanol–water partition coefficient (Wildman–Crippen LogP) is 2.00. The van der Waals surface area contributed by atoms with E-state index in [0.29, 0.717) is 11.3 Å². The molecule has 0 radical (unpaired) electrons. The number of anilines is 1. The molecule has 1 saturated carbocycles. The Labute approximate surface area is 170 Å². The average molecular weight is 394 g/mol. The van der Waals surface area contributed by atoms with Gasteiger partial charge in [-0.3, -0.25) is 15.0 Å². The SMILES string of the molecule is CCCC1=NNC2C(=O)N(CC(=O)Nc3ccc(C#N)cc3)C3CCCCC3N12. The van der Waals surface area contributed by atoms with E-state index in [1.54, 1.807) is 29.2 Å². The largest absolute Gasteiger partial charge is 0.325 e. The molecule has 1 saturated heterocycles. The molecule has 0 bridgehead atoms. The van der Waals surface area contributed by atoms with Gasteiger partial charge in [0.2, 0.25) is 5.91 Å². The number of amidine groups is 1. The van der Waals surface area contributed by atoms with Gasteiger partial charge in [-0.25, -0.2) is 0 Å². The molecule has 1 aromatic carbocycles. The van der Waals surface area contributed by atoms with Crippen LogP contribution in [0.5, 0.6) is 0 Å². The zero-order valence-electron chi connectivity index (χ0n) is 16.6. The molecule has 1 aromatic rings. The van der Waals surface area contributed by atoms with Crippen molar-refractivity contribution in [3.8, 4) is 6.07 Å². The van der Waals surface area contributed by atoms with Crippen LogP contribution in [0.3, 0.4) is 0 Å². The van der Waals surface area contributed by atoms with E-state index in [-0.39, 0.29) is 30.4 Å². The molecular formula is C21H26N6O2. The molecule has 152 valence electrons. The molecular weight excluding hydrogens is 368 g/mol. The molecule has 3 aliphatic rings. The minimum Gasteiger partial charge on any atom is -0.325 e. The molecule has 2 N–H and O–H groups in total. The van der Waals surface area contributed by atoms with Gasteiger partial charge in [0.25, 0.3) is 5.91 Å². The summed E-state index contributed by atoms with van der Waals surface area (Å²) in [6, 6.07) is 9.00. The van der Waals surface area contributed by atoms with Crippen molar-refractivity contribution in [1.82, 2.24) is 15.2 Å². The number of rotatable bonds is 5. The molecule has 0 aromatic heterocycles. The van der Waals surface area contributed by atoms with Crippen molar-refractivity contribution in [2.45, 2.75) is 63.7 Å². The summed E-state index contributed by atoms with van der Waals surface area (Å²) < 4.78 is 0. The summed E-state index contributed by atoms with van der Waals surface area (Å²) in [5, 5.41) is 16.2. The van der Waals surface area contributed by atoms with Gasteiger partial charge in [-0.2, -0.15) is 10.4 Å². The number of nitriles is 1. The number of nitrogens with one attached hydrogen (secondary N) is 2. The van der Waals surface area contributed by atoms with Crippen LogP contribution in [0.2, 0.25) is 0 Å². The first-order valence-electron chi connectivity index (χ1n) is 10.3. The first-order chi connectivity index (χ1) is 14.1. The summed E-state index contributed by atoms with van der Waals surface area (Å²) >= 11 is 0. The first-order valence-corrected chi connectivity index (χ1v) is 10.3. The Balaban J connectivity index is 1.49. The second-order valence-corrected chi connectivity index (χ2v) is 7.84. The van der Waals surface area contributed by atoms with Gasteiger partial charge in [-0.15, -0.1) is 0 Å². The van der Waals surface area contributed by atoms with Gasteiger partial charge >= 0.3 is 0 Å². The Bertz CT molecular complexity index is 859. The normalized spacial score (nSPS) is 25.4. The van der Waals surface area contributed by atoms with E-state index in [9.17, 15) is 9.59 Å². The highest BCUT2D eigenvalue weighted by molar-refractivity contribution is 5.98. The predicted molar refractivity (Wildman–Crippen MR) is 109 cm³/mol. The lowest BCUT2D eigenvalue weighted by Gasteiger charge is -2.51. The third-order valence-electron chi connectivity index (χ3n) is 5.95. The molecule has 2 heterocycles. The molecule has 3 atom stereocenters. The van der Waals surface area contributed by atoms with Crippen molar-refractivity contribution in [3.05, 3.63) is 29.8 Å². The number of hydrazone groups is 1. The van der Waals surface area contributed by atoms with E-state index in [4.69, 9.17) is 5.26 Å². The fraction of sp³-hybridized carbons (Fsp3) is 0.524. The summed E-state index contributed by atoms with van der Waals surface area (Å²) in [6.45, 7) is 2.13. The third-order valence-corrected chi connectivity index (χ3v) is 5.95. The van der Waals surface area contributed by atoms with Gasteiger partial charge in [0.05, 0.1) is 23.7 Å². The maximum Gasteiger partial charge on any atom is 0.268 e. The summed E-state index contributed by atoms with van der Waals surface area (Å²) in [5.41, 5.74) is 4.16. The Morgan fingerprint density at radius 2 is 2.00 bits per heavy atom. The van der Waals surface area contributed by atoms with Gasteiger partial charge in [0.1, 0.15) is 12.4 Å². The number of nitrogens with zero attached hydrogens (tertiary/aromatic N) is 4. The van der Waals surface area contributed by atoms with Crippen molar-refractivity contribution >= 4 is 23.3 Å². The van der Waals surface area contributed by atoms with E-state index in [0.717, 1.165) is 44.4 Å². The minimum atomic E-state index is -0.501. The van der Waals surface area contributed by atoms with Crippen LogP contribution in [0.4, 0.5) is 5.69 Å². The van der Waals surface area contributed by atoms with Crippen LogP contribution in [0.15, 0.2) is 29.4 Å². The highest BCUT2D eigenvalue weighted by Crippen LogP contribution is 2.35. The van der Waals surface area contributed by atoms with Crippen LogP contribution in [-0.2, 0) is 9.59 Å². The van der Waals surface area contributed by atoms with Crippen molar-refractivity contribution in [2.24, 2.45) is 5.10 Å². The van der Waals surface area contributed by atoms with E-state index >= 15 is 0 Å². The number of piperazine rings is 1. The smallest absolute Gasteiger partial charge is 0.268 e. The van der Waals surface area contributed by atoms with Crippen molar-refractivity contribution in [1.29, 1.82) is 5.26 Å². The quantitative estimate of drug-likeness (QED) is 0.795. The molecule has 2 amide bonds. The zero-order valence-corrected chi connectivity index (χ0v) is 16.6. The Morgan fingerprint density at radius 3 is 2.69 bits per heavy atom. The molecule has 4 rings (SSSR count). The number of carbonyl (C=O) groups is 2. The van der Waals surface area contributed by atoms with E-state index < -0.39 is 6.17 Å². The van der Waals surface area contributed by atoms with Crippen LogP contribution < -0.4 is 10.7 Å². The molecule has 2 fully saturated rings. The van der Waals surface area contributed by atoms with E-state index in [1.165, 1.54) is 0 Å². The topological polar surface area (TPSA) is 101 Å². The van der Waals surface area contributed by atoms with Gasteiger partial charge in [-0.1, -0.05) is 19.8 Å². The standard InChI is InChI=1S/C21H26N6O2/c1-2-5-18-24-25-20-21(29)26(16-6-3-4-7-17(16)27(18)20)13-19(28)23-15-10-8-14(12-22)9-11-15/h8-11,16-17,20,25H,2-7,13H2,1H3,(H,23,28). The highest BCUT2D eigenvalue weighted by atomic mass is 16.2. The molecule has 8 nitrogen and oxygen atoms in total. The average Bonchev–Trinajstić information content (AvgIpc) is 3.16. The van der Waals surface area contributed by atoms with Crippen LogP contribution >= 0.6 is 0 Å². The summed E-state index contributed by atoms with van der Waals surface area (Å²) in [6.07, 6.45) is 5.43. The highest BCUT2D eigenvalue weighted by Gasteiger charge is 2.50. The fourth-order valence-corrected chi connectivity index (χ4v) is 4.65. The third kappa shape index (κ3) is 3.65. The maximum absolute atomic E-state index is 13.2. The lowest BCUT2D eigenvalue weighted by atomic mass is 9.85. The number of benzene rings is 1. The molecule has 0 spiro atoms. The number of hydrogen-bond donors (Lipinski definition) is 2. The fourth-order valence-electron chi connectivity index (χ4n) is 4.65. The van der Waals surface area contributed by atoms with Gasteiger partial charge < -0.3 is 15.1 Å². The van der Waals surface area contributed by atoms with Gasteiger partial charge in [-0.05, 0) is 43.5 Å². The van der Waals surface area contributed by atoms with Crippen LogP contribution in [0.1, 0.15) is 51.0 Å². The maximum atomic E-state index is 13.2. The number of amides is 2. The number of hydrogen-bond acceptors (Lipinski definition) is 6. The van der Waals surface area contributed by atoms with Crippen LogP contribution in [0, 0.1) is 11.3 Å². The molecule has 29 heavy (non-hydrogen) atoms. The minimum absolute atomic E-state index is 0.0229. The van der Waals surface area contributed by atoms with Crippen molar-refractivity contribution < 1.29 is 9.59 Å². The molecule has 2 aliphatic heterocycles. The van der Waals surface area contributed by atoms with Crippen LogP contribution in [0.25, 0.3) is 0 Å². The summed E-state index contributed by atoms with van der Waals surface area (Å²) in [5.74, 6) is 0.649. The molecule has 3 unspecified atom stereocenters. The summed E-state index contributed by atoms with van der Waals surface area (Å²) in [4.78, 5) is 29.8. The lowest BCUT2D eigenvalue weighted by molar-refractivity contribution is -0.151. The van der Waals surface area contributed by atoms with Gasteiger partial charge in [0, 0.05) is 12.1 Å². The molecule has 1 aliphatic carbocycles. The molecule has 8 heteroatoms. The van der Waals surface area contributed by atoms with E-state index in [2.05, 4.69) is 33.7 Å². The summed E-state index contributed by atoms with van der Waals surface area (Å²) in [7, 11) is 0. The van der Waals surface area contributed by atoms with Crippen LogP contribution in [-0.4, -0.2) is 52.2 Å². The zero-order chi connectivity index (χ0) is 20.4. The number of carbonyl (C=O) groups excluding carboxylic acids is 2. The first kappa shape index (κ1) is 19.2. The Hall–Kier alpha value is -3.08. The van der Waals surface area contributed by atoms with E-state index in [1.807, 2.05) is 0 Å². The van der Waals surface area contributed by atoms with Gasteiger partial charge in [0.15, 0.2) is 6.17 Å². The number of fused-ring (bicyclic) bond motifs is 3. The second kappa shape index (κ2) is 8.11. The Morgan fingerprint density at radius 1 is 1.28 bits per heavy atom. The lowest BCUT2D eigenvalue weighted by Crippen LogP contribution is -2.69. The van der Waals surface area contributed by atoms with Crippen molar-refractivity contribution in [3.63, 3.8) is 0 Å².